The van der Waals surface area contributed by atoms with Crippen LogP contribution in [0.3, 0.4) is 0 Å². The summed E-state index contributed by atoms with van der Waals surface area (Å²) >= 11 is 6.12. The number of amides is 1. The molecule has 0 spiro atoms. The van der Waals surface area contributed by atoms with E-state index in [9.17, 15) is 13.2 Å². The largest absolute Gasteiger partial charge is 0.497 e. The van der Waals surface area contributed by atoms with E-state index in [2.05, 4.69) is 5.32 Å². The van der Waals surface area contributed by atoms with Crippen molar-refractivity contribution in [1.29, 1.82) is 0 Å². The zero-order valence-electron chi connectivity index (χ0n) is 16.3. The second kappa shape index (κ2) is 9.65. The van der Waals surface area contributed by atoms with Crippen LogP contribution in [0.1, 0.15) is 5.56 Å². The molecule has 3 aromatic carbocycles. The number of anilines is 1. The van der Waals surface area contributed by atoms with E-state index in [0.29, 0.717) is 16.5 Å². The molecule has 0 aliphatic carbocycles. The predicted molar refractivity (Wildman–Crippen MR) is 117 cm³/mol. The number of rotatable bonds is 8. The lowest BCUT2D eigenvalue weighted by atomic mass is 10.2. The van der Waals surface area contributed by atoms with E-state index in [4.69, 9.17) is 16.3 Å². The van der Waals surface area contributed by atoms with Gasteiger partial charge in [-0.05, 0) is 48.0 Å². The van der Waals surface area contributed by atoms with Gasteiger partial charge in [0.1, 0.15) is 12.3 Å². The number of carbonyl (C=O) groups is 1. The van der Waals surface area contributed by atoms with Crippen molar-refractivity contribution in [2.45, 2.75) is 11.4 Å². The standard InChI is InChI=1S/C22H21ClN2O4S/c1-29-19-13-11-18(12-14-19)25(30(27,28)20-8-3-2-4-9-20)16-22(26)24-15-17-7-5-6-10-21(17)23/h2-14H,15-16H2,1H3,(H,24,26). The molecule has 1 amide bonds. The van der Waals surface area contributed by atoms with Crippen molar-refractivity contribution < 1.29 is 17.9 Å². The van der Waals surface area contributed by atoms with Gasteiger partial charge < -0.3 is 10.1 Å². The van der Waals surface area contributed by atoms with Crippen molar-refractivity contribution >= 4 is 33.2 Å². The first kappa shape index (κ1) is 21.7. The smallest absolute Gasteiger partial charge is 0.264 e. The first-order chi connectivity index (χ1) is 14.4. The number of sulfonamides is 1. The lowest BCUT2D eigenvalue weighted by Gasteiger charge is -2.24. The second-order valence-electron chi connectivity index (χ2n) is 6.39. The molecule has 0 saturated carbocycles. The minimum atomic E-state index is -3.95. The average Bonchev–Trinajstić information content (AvgIpc) is 2.77. The van der Waals surface area contributed by atoms with Crippen LogP contribution >= 0.6 is 11.6 Å². The topological polar surface area (TPSA) is 75.7 Å². The van der Waals surface area contributed by atoms with Gasteiger partial charge in [0.15, 0.2) is 0 Å². The number of halogens is 1. The van der Waals surface area contributed by atoms with E-state index in [1.807, 2.05) is 6.07 Å². The van der Waals surface area contributed by atoms with E-state index in [-0.39, 0.29) is 18.0 Å². The third-order valence-electron chi connectivity index (χ3n) is 4.41. The van der Waals surface area contributed by atoms with Gasteiger partial charge in [0.2, 0.25) is 5.91 Å². The molecule has 3 rings (SSSR count). The van der Waals surface area contributed by atoms with Crippen LogP contribution in [0.2, 0.25) is 5.02 Å². The minimum absolute atomic E-state index is 0.0970. The molecular formula is C22H21ClN2O4S. The van der Waals surface area contributed by atoms with E-state index in [0.717, 1.165) is 9.87 Å². The van der Waals surface area contributed by atoms with Gasteiger partial charge in [-0.2, -0.15) is 0 Å². The van der Waals surface area contributed by atoms with E-state index in [1.165, 1.54) is 19.2 Å². The summed E-state index contributed by atoms with van der Waals surface area (Å²) in [4.78, 5) is 12.7. The minimum Gasteiger partial charge on any atom is -0.497 e. The number of nitrogens with one attached hydrogen (secondary N) is 1. The van der Waals surface area contributed by atoms with Gasteiger partial charge in [-0.15, -0.1) is 0 Å². The first-order valence-corrected chi connectivity index (χ1v) is 11.0. The number of hydrogen-bond donors (Lipinski definition) is 1. The SMILES string of the molecule is COc1ccc(N(CC(=O)NCc2ccccc2Cl)S(=O)(=O)c2ccccc2)cc1. The average molecular weight is 445 g/mol. The Hall–Kier alpha value is -3.03. The van der Waals surface area contributed by atoms with Gasteiger partial charge in [0, 0.05) is 11.6 Å². The molecule has 1 N–H and O–H groups in total. The fraction of sp³-hybridized carbons (Fsp3) is 0.136. The molecule has 3 aromatic rings. The van der Waals surface area contributed by atoms with Gasteiger partial charge in [0.25, 0.3) is 10.0 Å². The summed E-state index contributed by atoms with van der Waals surface area (Å²) in [6.07, 6.45) is 0. The van der Waals surface area contributed by atoms with Crippen molar-refractivity contribution in [3.8, 4) is 5.75 Å². The number of methoxy groups -OCH3 is 1. The molecule has 0 aromatic heterocycles. The molecule has 0 aliphatic heterocycles. The van der Waals surface area contributed by atoms with Crippen LogP contribution in [0, 0.1) is 0 Å². The molecule has 156 valence electrons. The molecule has 0 fully saturated rings. The van der Waals surface area contributed by atoms with Crippen LogP contribution in [-0.4, -0.2) is 28.0 Å². The fourth-order valence-corrected chi connectivity index (χ4v) is 4.45. The van der Waals surface area contributed by atoms with Gasteiger partial charge in [0.05, 0.1) is 17.7 Å². The summed E-state index contributed by atoms with van der Waals surface area (Å²) in [5, 5.41) is 3.26. The summed E-state index contributed by atoms with van der Waals surface area (Å²) < 4.78 is 32.7. The monoisotopic (exact) mass is 444 g/mol. The van der Waals surface area contributed by atoms with E-state index in [1.54, 1.807) is 60.7 Å². The van der Waals surface area contributed by atoms with Crippen LogP contribution in [0.15, 0.2) is 83.8 Å². The normalized spacial score (nSPS) is 11.0. The number of carbonyl (C=O) groups excluding carboxylic acids is 1. The highest BCUT2D eigenvalue weighted by Crippen LogP contribution is 2.25. The molecule has 0 aliphatic rings. The maximum atomic E-state index is 13.2. The zero-order chi connectivity index (χ0) is 21.6. The third kappa shape index (κ3) is 5.11. The Morgan fingerprint density at radius 3 is 2.23 bits per heavy atom. The van der Waals surface area contributed by atoms with Crippen molar-refractivity contribution in [2.75, 3.05) is 18.0 Å². The van der Waals surface area contributed by atoms with Crippen LogP contribution in [0.5, 0.6) is 5.75 Å². The fourth-order valence-electron chi connectivity index (χ4n) is 2.81. The van der Waals surface area contributed by atoms with Gasteiger partial charge in [-0.3, -0.25) is 9.10 Å². The van der Waals surface area contributed by atoms with Crippen LogP contribution in [-0.2, 0) is 21.4 Å². The van der Waals surface area contributed by atoms with Crippen molar-refractivity contribution in [2.24, 2.45) is 0 Å². The highest BCUT2D eigenvalue weighted by molar-refractivity contribution is 7.92. The van der Waals surface area contributed by atoms with Crippen molar-refractivity contribution in [3.63, 3.8) is 0 Å². The third-order valence-corrected chi connectivity index (χ3v) is 6.57. The first-order valence-electron chi connectivity index (χ1n) is 9.14. The Labute approximate surface area is 181 Å². The summed E-state index contributed by atoms with van der Waals surface area (Å²) in [6.45, 7) is -0.186. The summed E-state index contributed by atoms with van der Waals surface area (Å²) in [6, 6.07) is 21.6. The van der Waals surface area contributed by atoms with Crippen LogP contribution in [0.25, 0.3) is 0 Å². The second-order valence-corrected chi connectivity index (χ2v) is 8.66. The maximum absolute atomic E-state index is 13.2. The Balaban J connectivity index is 1.85. The van der Waals surface area contributed by atoms with E-state index < -0.39 is 15.9 Å². The maximum Gasteiger partial charge on any atom is 0.264 e. The molecule has 8 heteroatoms. The van der Waals surface area contributed by atoms with Gasteiger partial charge in [-0.25, -0.2) is 8.42 Å². The molecule has 0 heterocycles. The molecule has 0 unspecified atom stereocenters. The van der Waals surface area contributed by atoms with E-state index >= 15 is 0 Å². The number of ether oxygens (including phenoxy) is 1. The summed E-state index contributed by atoms with van der Waals surface area (Å²) in [5.41, 5.74) is 1.10. The Kier molecular flexibility index (Phi) is 6.97. The molecule has 30 heavy (non-hydrogen) atoms. The quantitative estimate of drug-likeness (QED) is 0.572. The Morgan fingerprint density at radius 1 is 0.967 bits per heavy atom. The summed E-state index contributed by atoms with van der Waals surface area (Å²) in [7, 11) is -2.43. The van der Waals surface area contributed by atoms with Crippen molar-refractivity contribution in [1.82, 2.24) is 5.32 Å². The molecular weight excluding hydrogens is 424 g/mol. The number of benzene rings is 3. The lowest BCUT2D eigenvalue weighted by molar-refractivity contribution is -0.119. The van der Waals surface area contributed by atoms with Gasteiger partial charge >= 0.3 is 0 Å². The van der Waals surface area contributed by atoms with Gasteiger partial charge in [-0.1, -0.05) is 48.0 Å². The Morgan fingerprint density at radius 2 is 1.60 bits per heavy atom. The lowest BCUT2D eigenvalue weighted by Crippen LogP contribution is -2.40. The zero-order valence-corrected chi connectivity index (χ0v) is 17.9. The van der Waals surface area contributed by atoms with Crippen molar-refractivity contribution in [3.05, 3.63) is 89.4 Å². The molecule has 0 atom stereocenters. The molecule has 6 nitrogen and oxygen atoms in total. The predicted octanol–water partition coefficient (Wildman–Crippen LogP) is 3.86. The number of hydrogen-bond acceptors (Lipinski definition) is 4. The molecule has 0 saturated heterocycles. The summed E-state index contributed by atoms with van der Waals surface area (Å²) in [5.74, 6) is 0.129. The molecule has 0 radical (unpaired) electrons. The highest BCUT2D eigenvalue weighted by atomic mass is 35.5. The number of nitrogens with zero attached hydrogens (tertiary/aromatic N) is 1. The van der Waals surface area contributed by atoms with Crippen LogP contribution in [0.4, 0.5) is 5.69 Å². The highest BCUT2D eigenvalue weighted by Gasteiger charge is 2.27. The molecule has 0 bridgehead atoms. The Bertz CT molecular complexity index is 1100. The van der Waals surface area contributed by atoms with Crippen LogP contribution < -0.4 is 14.4 Å².